The molecule has 0 saturated heterocycles. The minimum Gasteiger partial charge on any atom is -0.486 e. The molecule has 0 N–H and O–H groups in total. The predicted molar refractivity (Wildman–Crippen MR) is 125 cm³/mol. The Morgan fingerprint density at radius 3 is 2.38 bits per heavy atom. The van der Waals surface area contributed by atoms with Crippen molar-refractivity contribution in [3.8, 4) is 5.75 Å². The Labute approximate surface area is 192 Å². The van der Waals surface area contributed by atoms with Gasteiger partial charge in [0.05, 0.1) is 0 Å². The minimum atomic E-state index is -0.621. The van der Waals surface area contributed by atoms with E-state index in [-0.39, 0.29) is 24.8 Å². The van der Waals surface area contributed by atoms with Crippen LogP contribution in [0.2, 0.25) is 0 Å². The lowest BCUT2D eigenvalue weighted by Crippen LogP contribution is -2.46. The normalized spacial score (nSPS) is 11.1. The third kappa shape index (κ3) is 6.65. The highest BCUT2D eigenvalue weighted by molar-refractivity contribution is 7.09. The van der Waals surface area contributed by atoms with Crippen molar-refractivity contribution in [2.24, 2.45) is 0 Å². The van der Waals surface area contributed by atoms with Crippen LogP contribution in [0.3, 0.4) is 0 Å². The summed E-state index contributed by atoms with van der Waals surface area (Å²) in [7, 11) is 0. The van der Waals surface area contributed by atoms with Crippen LogP contribution >= 0.6 is 11.3 Å². The molecule has 1 amide bonds. The van der Waals surface area contributed by atoms with E-state index < -0.39 is 11.5 Å². The van der Waals surface area contributed by atoms with Crippen LogP contribution < -0.4 is 4.74 Å². The molecular weight excluding hydrogens is 424 g/mol. The first-order valence-corrected chi connectivity index (χ1v) is 11.3. The first-order valence-electron chi connectivity index (χ1n) is 10.4. The maximum Gasteiger partial charge on any atom is 0.358 e. The van der Waals surface area contributed by atoms with Crippen molar-refractivity contribution >= 4 is 23.2 Å². The topological polar surface area (TPSA) is 68.7 Å². The van der Waals surface area contributed by atoms with Gasteiger partial charge in [-0.15, -0.1) is 11.3 Å². The number of hydrogen-bond acceptors (Lipinski definition) is 6. The van der Waals surface area contributed by atoms with Crippen LogP contribution in [0.25, 0.3) is 0 Å². The zero-order valence-electron chi connectivity index (χ0n) is 18.8. The van der Waals surface area contributed by atoms with Crippen LogP contribution in [0.15, 0.2) is 60.0 Å². The van der Waals surface area contributed by atoms with Crippen LogP contribution in [0.5, 0.6) is 5.75 Å². The van der Waals surface area contributed by atoms with E-state index in [1.54, 1.807) is 10.3 Å². The maximum atomic E-state index is 12.8. The molecule has 3 aromatic rings. The summed E-state index contributed by atoms with van der Waals surface area (Å²) in [5.74, 6) is -0.140. The molecule has 6 nitrogen and oxygen atoms in total. The summed E-state index contributed by atoms with van der Waals surface area (Å²) in [6.07, 6.45) is 0. The van der Waals surface area contributed by atoms with Crippen LogP contribution in [0.1, 0.15) is 47.4 Å². The highest BCUT2D eigenvalue weighted by Crippen LogP contribution is 2.19. The molecule has 0 spiro atoms. The summed E-state index contributed by atoms with van der Waals surface area (Å²) in [6, 6.07) is 17.4. The Kier molecular flexibility index (Phi) is 7.64. The van der Waals surface area contributed by atoms with Gasteiger partial charge >= 0.3 is 5.97 Å². The number of carbonyl (C=O) groups is 2. The number of carbonyl (C=O) groups excluding carboxylic acids is 2. The molecule has 0 saturated carbocycles. The second kappa shape index (κ2) is 10.4. The lowest BCUT2D eigenvalue weighted by Gasteiger charge is -2.35. The number of nitrogens with zero attached hydrogens (tertiary/aromatic N) is 2. The summed E-state index contributed by atoms with van der Waals surface area (Å²) >= 11 is 1.31. The van der Waals surface area contributed by atoms with Crippen molar-refractivity contribution in [1.82, 2.24) is 9.88 Å². The first-order chi connectivity index (χ1) is 15.2. The number of aryl methyl sites for hydroxylation is 1. The van der Waals surface area contributed by atoms with Gasteiger partial charge in [0.1, 0.15) is 17.4 Å². The van der Waals surface area contributed by atoms with E-state index in [2.05, 4.69) is 4.98 Å². The average Bonchev–Trinajstić information content (AvgIpc) is 3.24. The Morgan fingerprint density at radius 2 is 1.72 bits per heavy atom. The van der Waals surface area contributed by atoms with Gasteiger partial charge < -0.3 is 14.4 Å². The molecule has 32 heavy (non-hydrogen) atoms. The molecule has 1 aromatic heterocycles. The van der Waals surface area contributed by atoms with Gasteiger partial charge in [-0.25, -0.2) is 9.78 Å². The monoisotopic (exact) mass is 452 g/mol. The van der Waals surface area contributed by atoms with E-state index in [1.807, 2.05) is 82.3 Å². The molecule has 0 fully saturated rings. The molecule has 168 valence electrons. The fraction of sp³-hybridized carbons (Fsp3) is 0.320. The second-order valence-electron chi connectivity index (χ2n) is 8.44. The Balaban J connectivity index is 1.54. The molecule has 0 aliphatic heterocycles. The number of aromatic nitrogens is 1. The van der Waals surface area contributed by atoms with Gasteiger partial charge in [0.2, 0.25) is 0 Å². The molecule has 0 aliphatic rings. The van der Waals surface area contributed by atoms with Gasteiger partial charge in [-0.1, -0.05) is 48.0 Å². The number of ether oxygens (including phenoxy) is 2. The summed E-state index contributed by atoms with van der Waals surface area (Å²) in [6.45, 7) is 8.24. The van der Waals surface area contributed by atoms with Gasteiger partial charge in [0.25, 0.3) is 5.91 Å². The summed E-state index contributed by atoms with van der Waals surface area (Å²) in [4.78, 5) is 31.2. The standard InChI is InChI=1S/C25H28N2O4S/c1-18-10-12-20(13-11-18)30-15-22-26-21(17-32-22)24(29)31-16-23(28)27(25(2,3)4)14-19-8-6-5-7-9-19/h5-13,17H,14-16H2,1-4H3. The van der Waals surface area contributed by atoms with Crippen molar-refractivity contribution in [2.75, 3.05) is 6.61 Å². The number of rotatable bonds is 8. The van der Waals surface area contributed by atoms with Crippen LogP contribution in [-0.4, -0.2) is 33.9 Å². The number of amides is 1. The van der Waals surface area contributed by atoms with Gasteiger partial charge in [0.15, 0.2) is 12.3 Å². The fourth-order valence-corrected chi connectivity index (χ4v) is 3.67. The Hall–Kier alpha value is -3.19. The average molecular weight is 453 g/mol. The highest BCUT2D eigenvalue weighted by atomic mass is 32.1. The smallest absolute Gasteiger partial charge is 0.358 e. The predicted octanol–water partition coefficient (Wildman–Crippen LogP) is 5.01. The molecular formula is C25H28N2O4S. The summed E-state index contributed by atoms with van der Waals surface area (Å²) in [5.41, 5.74) is 1.93. The van der Waals surface area contributed by atoms with Crippen molar-refractivity contribution in [2.45, 2.75) is 46.4 Å². The van der Waals surface area contributed by atoms with E-state index in [4.69, 9.17) is 9.47 Å². The molecule has 0 aliphatic carbocycles. The van der Waals surface area contributed by atoms with Crippen molar-refractivity contribution in [3.05, 3.63) is 81.8 Å². The van der Waals surface area contributed by atoms with E-state index in [9.17, 15) is 9.59 Å². The van der Waals surface area contributed by atoms with Crippen LogP contribution in [0, 0.1) is 6.92 Å². The second-order valence-corrected chi connectivity index (χ2v) is 9.38. The third-order valence-electron chi connectivity index (χ3n) is 4.77. The SMILES string of the molecule is Cc1ccc(OCc2nc(C(=O)OCC(=O)N(Cc3ccccc3)C(C)(C)C)cs2)cc1. The lowest BCUT2D eigenvalue weighted by atomic mass is 10.0. The zero-order valence-corrected chi connectivity index (χ0v) is 19.6. The van der Waals surface area contributed by atoms with Crippen LogP contribution in [-0.2, 0) is 22.7 Å². The maximum absolute atomic E-state index is 12.8. The zero-order chi connectivity index (χ0) is 23.1. The Morgan fingerprint density at radius 1 is 1.03 bits per heavy atom. The van der Waals surface area contributed by atoms with E-state index in [0.29, 0.717) is 11.6 Å². The molecule has 0 bridgehead atoms. The van der Waals surface area contributed by atoms with E-state index in [0.717, 1.165) is 16.9 Å². The Bertz CT molecular complexity index is 1040. The van der Waals surface area contributed by atoms with Gasteiger partial charge in [0, 0.05) is 17.5 Å². The molecule has 1 heterocycles. The molecule has 0 unspecified atom stereocenters. The summed E-state index contributed by atoms with van der Waals surface area (Å²) in [5, 5.41) is 2.27. The van der Waals surface area contributed by atoms with Crippen LogP contribution in [0.4, 0.5) is 0 Å². The molecule has 2 aromatic carbocycles. The number of esters is 1. The van der Waals surface area contributed by atoms with Crippen molar-refractivity contribution in [3.63, 3.8) is 0 Å². The van der Waals surface area contributed by atoms with Crippen molar-refractivity contribution in [1.29, 1.82) is 0 Å². The van der Waals surface area contributed by atoms with Gasteiger partial charge in [-0.05, 0) is 45.4 Å². The van der Waals surface area contributed by atoms with E-state index >= 15 is 0 Å². The third-order valence-corrected chi connectivity index (χ3v) is 5.59. The quantitative estimate of drug-likeness (QED) is 0.449. The van der Waals surface area contributed by atoms with Gasteiger partial charge in [-0.2, -0.15) is 0 Å². The first kappa shape index (κ1) is 23.5. The molecule has 0 radical (unpaired) electrons. The van der Waals surface area contributed by atoms with Crippen molar-refractivity contribution < 1.29 is 19.1 Å². The largest absolute Gasteiger partial charge is 0.486 e. The number of benzene rings is 2. The van der Waals surface area contributed by atoms with Gasteiger partial charge in [-0.3, -0.25) is 4.79 Å². The fourth-order valence-electron chi connectivity index (χ4n) is 3.00. The molecule has 3 rings (SSSR count). The summed E-state index contributed by atoms with van der Waals surface area (Å²) < 4.78 is 11.0. The van der Waals surface area contributed by atoms with E-state index in [1.165, 1.54) is 11.3 Å². The number of thiazole rings is 1. The lowest BCUT2D eigenvalue weighted by molar-refractivity contribution is -0.140. The highest BCUT2D eigenvalue weighted by Gasteiger charge is 2.27. The molecule has 7 heteroatoms. The molecule has 0 atom stereocenters. The number of hydrogen-bond donors (Lipinski definition) is 0. The minimum absolute atomic E-state index is 0.177.